The molecule has 0 radical (unpaired) electrons. The summed E-state index contributed by atoms with van der Waals surface area (Å²) in [6.45, 7) is 0. The second-order valence-electron chi connectivity index (χ2n) is 17.0. The second kappa shape index (κ2) is 14.7. The van der Waals surface area contributed by atoms with E-state index < -0.39 is 0 Å². The first-order valence-corrected chi connectivity index (χ1v) is 22.5. The summed E-state index contributed by atoms with van der Waals surface area (Å²) >= 11 is 0. The van der Waals surface area contributed by atoms with Crippen molar-refractivity contribution in [1.82, 2.24) is 29.1 Å². The standard InChI is InChI=1S/C60H36N6O/c1-3-13-37(14-4-1)39-23-29-43(30-24-39)57-62-58(44-31-25-40(26-32-44)38-15-5-2-6-16-38)64-59(63-57)65-51-21-11-9-19-46(51)48-34-35-49-47-20-10-12-22-52(47)66(55(49)54(48)65)60-61-50-36-33-42-28-27-41-17-7-8-18-45(41)53(42)56(50)67-60/h1-36H. The van der Waals surface area contributed by atoms with E-state index in [1.165, 1.54) is 0 Å². The molecule has 0 saturated heterocycles. The van der Waals surface area contributed by atoms with Gasteiger partial charge in [-0.2, -0.15) is 15.0 Å². The van der Waals surface area contributed by atoms with Crippen molar-refractivity contribution in [2.24, 2.45) is 0 Å². The maximum absolute atomic E-state index is 7.06. The van der Waals surface area contributed by atoms with Gasteiger partial charge in [0.2, 0.25) is 5.95 Å². The average molecular weight is 857 g/mol. The van der Waals surface area contributed by atoms with Gasteiger partial charge in [-0.15, -0.1) is 0 Å². The van der Waals surface area contributed by atoms with Crippen molar-refractivity contribution in [2.45, 2.75) is 0 Å². The highest BCUT2D eigenvalue weighted by atomic mass is 16.4. The summed E-state index contributed by atoms with van der Waals surface area (Å²) in [7, 11) is 0. The molecule has 67 heavy (non-hydrogen) atoms. The van der Waals surface area contributed by atoms with E-state index in [2.05, 4.69) is 215 Å². The van der Waals surface area contributed by atoms with Gasteiger partial charge < -0.3 is 4.42 Å². The zero-order valence-corrected chi connectivity index (χ0v) is 35.9. The normalized spacial score (nSPS) is 11.9. The Morgan fingerprint density at radius 3 is 1.39 bits per heavy atom. The maximum Gasteiger partial charge on any atom is 0.307 e. The number of hydrogen-bond acceptors (Lipinski definition) is 5. The highest BCUT2D eigenvalue weighted by Gasteiger charge is 2.25. The fourth-order valence-corrected chi connectivity index (χ4v) is 10.1. The van der Waals surface area contributed by atoms with Crippen molar-refractivity contribution in [3.8, 4) is 57.0 Å². The average Bonchev–Trinajstić information content (AvgIpc) is 4.09. The summed E-state index contributed by atoms with van der Waals surface area (Å²) < 4.78 is 11.5. The highest BCUT2D eigenvalue weighted by molar-refractivity contribution is 6.24. The Balaban J connectivity index is 1.05. The molecule has 0 amide bonds. The van der Waals surface area contributed by atoms with Gasteiger partial charge in [-0.3, -0.25) is 9.13 Å². The van der Waals surface area contributed by atoms with Crippen molar-refractivity contribution in [3.63, 3.8) is 0 Å². The van der Waals surface area contributed by atoms with Gasteiger partial charge in [0.15, 0.2) is 17.2 Å². The summed E-state index contributed by atoms with van der Waals surface area (Å²) in [5.74, 6) is 1.65. The molecule has 0 N–H and O–H groups in total. The van der Waals surface area contributed by atoms with Crippen molar-refractivity contribution >= 4 is 76.3 Å². The molecule has 0 saturated carbocycles. The van der Waals surface area contributed by atoms with E-state index in [1.54, 1.807) is 0 Å². The Bertz CT molecular complexity index is 4140. The van der Waals surface area contributed by atoms with Crippen LogP contribution in [0.25, 0.3) is 133 Å². The monoisotopic (exact) mass is 856 g/mol. The molecule has 0 spiro atoms. The van der Waals surface area contributed by atoms with Gasteiger partial charge in [0.1, 0.15) is 5.52 Å². The van der Waals surface area contributed by atoms with Crippen LogP contribution in [0.4, 0.5) is 0 Å². The molecule has 4 aromatic heterocycles. The van der Waals surface area contributed by atoms with Crippen LogP contribution in [-0.2, 0) is 0 Å². The van der Waals surface area contributed by atoms with E-state index in [-0.39, 0.29) is 0 Å². The number of oxazole rings is 1. The second-order valence-corrected chi connectivity index (χ2v) is 17.0. The maximum atomic E-state index is 7.06. The smallest absolute Gasteiger partial charge is 0.307 e. The minimum absolute atomic E-state index is 0.486. The Labute approximate surface area is 383 Å². The van der Waals surface area contributed by atoms with E-state index in [4.69, 9.17) is 24.4 Å². The van der Waals surface area contributed by atoms with E-state index in [0.717, 1.165) is 110 Å². The van der Waals surface area contributed by atoms with E-state index >= 15 is 0 Å². The topological polar surface area (TPSA) is 74.6 Å². The number of nitrogens with zero attached hydrogens (tertiary/aromatic N) is 6. The number of benzene rings is 10. The summed E-state index contributed by atoms with van der Waals surface area (Å²) in [5.41, 5.74) is 11.7. The zero-order valence-electron chi connectivity index (χ0n) is 35.9. The van der Waals surface area contributed by atoms with Crippen molar-refractivity contribution < 1.29 is 4.42 Å². The SMILES string of the molecule is c1ccc(-c2ccc(-c3nc(-c4ccc(-c5ccccc5)cc4)nc(-n4c5ccccc5c5ccc6c7ccccc7n(-c7nc8ccc9ccc%10ccccc%10c9c8o7)c6c54)n3)cc2)cc1. The van der Waals surface area contributed by atoms with E-state index in [0.29, 0.717) is 23.6 Å². The van der Waals surface area contributed by atoms with Crippen molar-refractivity contribution in [2.75, 3.05) is 0 Å². The van der Waals surface area contributed by atoms with Crippen molar-refractivity contribution in [3.05, 3.63) is 218 Å². The summed E-state index contributed by atoms with van der Waals surface area (Å²) in [6, 6.07) is 76.7. The van der Waals surface area contributed by atoms with Crippen LogP contribution in [0.15, 0.2) is 223 Å². The Morgan fingerprint density at radius 2 is 0.776 bits per heavy atom. The van der Waals surface area contributed by atoms with Crippen LogP contribution < -0.4 is 0 Å². The first-order valence-electron chi connectivity index (χ1n) is 22.5. The van der Waals surface area contributed by atoms with Gasteiger partial charge in [0, 0.05) is 38.1 Å². The molecule has 312 valence electrons. The molecule has 0 aliphatic heterocycles. The van der Waals surface area contributed by atoms with Gasteiger partial charge in [-0.05, 0) is 56.6 Å². The lowest BCUT2D eigenvalue weighted by Gasteiger charge is -2.13. The fraction of sp³-hybridized carbons (Fsp3) is 0. The summed E-state index contributed by atoms with van der Waals surface area (Å²) in [6.07, 6.45) is 0. The highest BCUT2D eigenvalue weighted by Crippen LogP contribution is 2.43. The minimum Gasteiger partial charge on any atom is -0.422 e. The predicted molar refractivity (Wildman–Crippen MR) is 273 cm³/mol. The fourth-order valence-electron chi connectivity index (χ4n) is 10.1. The zero-order chi connectivity index (χ0) is 44.0. The molecule has 7 nitrogen and oxygen atoms in total. The van der Waals surface area contributed by atoms with Crippen LogP contribution in [0, 0.1) is 0 Å². The minimum atomic E-state index is 0.486. The molecular formula is C60H36N6O. The molecule has 0 aliphatic rings. The van der Waals surface area contributed by atoms with Gasteiger partial charge in [-0.1, -0.05) is 200 Å². The molecule has 7 heteroatoms. The number of hydrogen-bond donors (Lipinski definition) is 0. The van der Waals surface area contributed by atoms with Crippen LogP contribution in [0.1, 0.15) is 0 Å². The Kier molecular flexibility index (Phi) is 8.15. The first kappa shape index (κ1) is 37.2. The molecule has 10 aromatic carbocycles. The third-order valence-electron chi connectivity index (χ3n) is 13.2. The van der Waals surface area contributed by atoms with Crippen molar-refractivity contribution in [1.29, 1.82) is 0 Å². The molecule has 14 rings (SSSR count). The van der Waals surface area contributed by atoms with Crippen LogP contribution in [0.5, 0.6) is 0 Å². The quantitative estimate of drug-likeness (QED) is 0.156. The van der Waals surface area contributed by atoms with E-state index in [1.807, 2.05) is 12.1 Å². The molecule has 0 atom stereocenters. The molecule has 0 unspecified atom stereocenters. The van der Waals surface area contributed by atoms with Crippen LogP contribution in [0.2, 0.25) is 0 Å². The van der Waals surface area contributed by atoms with E-state index in [9.17, 15) is 0 Å². The summed E-state index contributed by atoms with van der Waals surface area (Å²) in [5, 5.41) is 8.72. The molecule has 14 aromatic rings. The largest absolute Gasteiger partial charge is 0.422 e. The van der Waals surface area contributed by atoms with Gasteiger partial charge >= 0.3 is 6.01 Å². The molecular weight excluding hydrogens is 821 g/mol. The lowest BCUT2D eigenvalue weighted by molar-refractivity contribution is 0.577. The van der Waals surface area contributed by atoms with Gasteiger partial charge in [0.25, 0.3) is 0 Å². The van der Waals surface area contributed by atoms with Crippen LogP contribution in [0.3, 0.4) is 0 Å². The Hall–Kier alpha value is -9.20. The third kappa shape index (κ3) is 5.85. The first-order chi connectivity index (χ1) is 33.2. The molecule has 0 aliphatic carbocycles. The molecule has 4 heterocycles. The Morgan fingerprint density at radius 1 is 0.313 bits per heavy atom. The lowest BCUT2D eigenvalue weighted by atomic mass is 10.0. The van der Waals surface area contributed by atoms with Crippen LogP contribution >= 0.6 is 0 Å². The molecule has 0 fully saturated rings. The summed E-state index contributed by atoms with van der Waals surface area (Å²) in [4.78, 5) is 21.3. The number of fused-ring (bicyclic) bond motifs is 12. The number of aromatic nitrogens is 6. The molecule has 0 bridgehead atoms. The lowest BCUT2D eigenvalue weighted by Crippen LogP contribution is -2.07. The number of para-hydroxylation sites is 2. The van der Waals surface area contributed by atoms with Gasteiger partial charge in [-0.25, -0.2) is 4.98 Å². The number of rotatable bonds is 6. The van der Waals surface area contributed by atoms with Gasteiger partial charge in [0.05, 0.1) is 22.1 Å². The third-order valence-corrected chi connectivity index (χ3v) is 13.2. The van der Waals surface area contributed by atoms with Crippen LogP contribution in [-0.4, -0.2) is 29.1 Å². The predicted octanol–water partition coefficient (Wildman–Crippen LogP) is 15.2.